The number of hydrogen-bond acceptors (Lipinski definition) is 5. The molecule has 2 aromatic rings. The predicted octanol–water partition coefficient (Wildman–Crippen LogP) is 3.11. The molecule has 0 saturated carbocycles. The zero-order valence-corrected chi connectivity index (χ0v) is 14.1. The van der Waals surface area contributed by atoms with Crippen molar-refractivity contribution in [3.8, 4) is 11.6 Å². The van der Waals surface area contributed by atoms with Crippen molar-refractivity contribution in [3.63, 3.8) is 0 Å². The summed E-state index contributed by atoms with van der Waals surface area (Å²) >= 11 is 0. The Balaban J connectivity index is 1.50. The zero-order chi connectivity index (χ0) is 17.5. The van der Waals surface area contributed by atoms with Gasteiger partial charge < -0.3 is 15.0 Å². The summed E-state index contributed by atoms with van der Waals surface area (Å²) in [6.45, 7) is 5.92. The first-order valence-electron chi connectivity index (χ1n) is 8.45. The van der Waals surface area contributed by atoms with Crippen molar-refractivity contribution in [2.24, 2.45) is 5.92 Å². The quantitative estimate of drug-likeness (QED) is 0.820. The number of anilines is 1. The monoisotopic (exact) mass is 338 g/mol. The van der Waals surface area contributed by atoms with E-state index in [4.69, 9.17) is 4.74 Å². The van der Waals surface area contributed by atoms with Crippen LogP contribution in [0.5, 0.6) is 11.6 Å². The van der Waals surface area contributed by atoms with Gasteiger partial charge in [-0.05, 0) is 37.0 Å². The van der Waals surface area contributed by atoms with Crippen molar-refractivity contribution >= 4 is 11.7 Å². The maximum Gasteiger partial charge on any atom is 0.245 e. The Labute approximate surface area is 147 Å². The molecule has 1 saturated heterocycles. The highest BCUT2D eigenvalue weighted by atomic mass is 16.5. The molecule has 3 rings (SSSR count). The van der Waals surface area contributed by atoms with Gasteiger partial charge in [0.15, 0.2) is 0 Å². The molecule has 1 fully saturated rings. The Morgan fingerprint density at radius 2 is 2.04 bits per heavy atom. The highest BCUT2D eigenvalue weighted by molar-refractivity contribution is 5.87. The maximum absolute atomic E-state index is 11.6. The molecule has 25 heavy (non-hydrogen) atoms. The molecule has 1 aromatic heterocycles. The van der Waals surface area contributed by atoms with E-state index in [9.17, 15) is 4.79 Å². The van der Waals surface area contributed by atoms with Crippen molar-refractivity contribution in [3.05, 3.63) is 55.4 Å². The van der Waals surface area contributed by atoms with Gasteiger partial charge in [-0.15, -0.1) is 0 Å². The maximum atomic E-state index is 11.6. The van der Waals surface area contributed by atoms with Crippen molar-refractivity contribution < 1.29 is 9.53 Å². The molecule has 1 aliphatic heterocycles. The largest absolute Gasteiger partial charge is 0.439 e. The van der Waals surface area contributed by atoms with Crippen LogP contribution in [-0.4, -0.2) is 40.4 Å². The lowest BCUT2D eigenvalue weighted by molar-refractivity contribution is -0.127. The molecule has 0 spiro atoms. The van der Waals surface area contributed by atoms with Gasteiger partial charge >= 0.3 is 0 Å². The minimum atomic E-state index is 0.0184. The van der Waals surface area contributed by atoms with Crippen molar-refractivity contribution in [2.75, 3.05) is 25.0 Å². The van der Waals surface area contributed by atoms with Crippen LogP contribution in [-0.2, 0) is 4.79 Å². The normalized spacial score (nSPS) is 14.8. The molecule has 1 aromatic carbocycles. The van der Waals surface area contributed by atoms with Crippen LogP contribution in [0.1, 0.15) is 12.8 Å². The number of piperidine rings is 1. The number of carbonyl (C=O) groups is 1. The molecule has 0 aliphatic carbocycles. The zero-order valence-electron chi connectivity index (χ0n) is 14.1. The van der Waals surface area contributed by atoms with Gasteiger partial charge in [0, 0.05) is 25.7 Å². The number of aromatic nitrogens is 2. The van der Waals surface area contributed by atoms with Gasteiger partial charge in [-0.25, -0.2) is 9.97 Å². The third-order valence-corrected chi connectivity index (χ3v) is 4.28. The average Bonchev–Trinajstić information content (AvgIpc) is 2.67. The van der Waals surface area contributed by atoms with E-state index in [1.54, 1.807) is 6.07 Å². The number of nitrogens with zero attached hydrogens (tertiary/aromatic N) is 3. The minimum Gasteiger partial charge on any atom is -0.439 e. The van der Waals surface area contributed by atoms with Crippen LogP contribution in [0, 0.1) is 5.92 Å². The third kappa shape index (κ3) is 4.79. The van der Waals surface area contributed by atoms with Gasteiger partial charge in [-0.3, -0.25) is 4.79 Å². The van der Waals surface area contributed by atoms with E-state index < -0.39 is 0 Å². The standard InChI is InChI=1S/C19H22N4O2/c1-2-19(24)23-10-8-15(9-11-23)13-20-17-12-18(22-14-21-17)25-16-6-4-3-5-7-16/h2-7,12,14-15H,1,8-11,13H2,(H,20,21,22). The Bertz CT molecular complexity index is 712. The second kappa shape index (κ2) is 8.28. The van der Waals surface area contributed by atoms with Crippen LogP contribution in [0.2, 0.25) is 0 Å². The van der Waals surface area contributed by atoms with Crippen LogP contribution in [0.4, 0.5) is 5.82 Å². The smallest absolute Gasteiger partial charge is 0.245 e. The number of amides is 1. The second-order valence-corrected chi connectivity index (χ2v) is 6.01. The van der Waals surface area contributed by atoms with E-state index in [0.29, 0.717) is 11.8 Å². The molecule has 130 valence electrons. The Morgan fingerprint density at radius 3 is 2.76 bits per heavy atom. The highest BCUT2D eigenvalue weighted by Crippen LogP contribution is 2.21. The van der Waals surface area contributed by atoms with Gasteiger partial charge in [0.25, 0.3) is 0 Å². The lowest BCUT2D eigenvalue weighted by Gasteiger charge is -2.31. The SMILES string of the molecule is C=CC(=O)N1CCC(CNc2cc(Oc3ccccc3)ncn2)CC1. The summed E-state index contributed by atoms with van der Waals surface area (Å²) in [5.74, 6) is 2.53. The Kier molecular flexibility index (Phi) is 5.61. The molecule has 0 unspecified atom stereocenters. The van der Waals surface area contributed by atoms with E-state index >= 15 is 0 Å². The van der Waals surface area contributed by atoms with Crippen LogP contribution in [0.15, 0.2) is 55.4 Å². The molecule has 6 heteroatoms. The van der Waals surface area contributed by atoms with E-state index in [1.165, 1.54) is 12.4 Å². The first-order chi connectivity index (χ1) is 12.2. The predicted molar refractivity (Wildman–Crippen MR) is 96.5 cm³/mol. The summed E-state index contributed by atoms with van der Waals surface area (Å²) in [7, 11) is 0. The molecule has 0 atom stereocenters. The number of carbonyl (C=O) groups excluding carboxylic acids is 1. The van der Waals surface area contributed by atoms with Crippen LogP contribution < -0.4 is 10.1 Å². The summed E-state index contributed by atoms with van der Waals surface area (Å²) < 4.78 is 5.72. The van der Waals surface area contributed by atoms with Crippen molar-refractivity contribution in [1.29, 1.82) is 0 Å². The molecule has 1 aliphatic rings. The number of para-hydroxylation sites is 1. The summed E-state index contributed by atoms with van der Waals surface area (Å²) in [4.78, 5) is 21.8. The lowest BCUT2D eigenvalue weighted by atomic mass is 9.97. The van der Waals surface area contributed by atoms with Crippen LogP contribution in [0.25, 0.3) is 0 Å². The van der Waals surface area contributed by atoms with E-state index in [0.717, 1.165) is 44.0 Å². The Morgan fingerprint density at radius 1 is 1.28 bits per heavy atom. The topological polar surface area (TPSA) is 67.4 Å². The first-order valence-corrected chi connectivity index (χ1v) is 8.45. The molecule has 1 amide bonds. The summed E-state index contributed by atoms with van der Waals surface area (Å²) in [6.07, 6.45) is 4.83. The first kappa shape index (κ1) is 17.0. The van der Waals surface area contributed by atoms with Crippen molar-refractivity contribution in [2.45, 2.75) is 12.8 Å². The molecule has 6 nitrogen and oxygen atoms in total. The van der Waals surface area contributed by atoms with Gasteiger partial charge in [0.2, 0.25) is 11.8 Å². The number of likely N-dealkylation sites (tertiary alicyclic amines) is 1. The second-order valence-electron chi connectivity index (χ2n) is 6.01. The molecular formula is C19H22N4O2. The number of hydrogen-bond donors (Lipinski definition) is 1. The molecule has 1 N–H and O–H groups in total. The molecular weight excluding hydrogens is 316 g/mol. The molecule has 0 radical (unpaired) electrons. The summed E-state index contributed by atoms with van der Waals surface area (Å²) in [5, 5.41) is 3.34. The number of benzene rings is 1. The molecule has 0 bridgehead atoms. The lowest BCUT2D eigenvalue weighted by Crippen LogP contribution is -2.39. The Hall–Kier alpha value is -2.89. The van der Waals surface area contributed by atoms with Crippen molar-refractivity contribution in [1.82, 2.24) is 14.9 Å². The fraction of sp³-hybridized carbons (Fsp3) is 0.316. The number of ether oxygens (including phenoxy) is 1. The highest BCUT2D eigenvalue weighted by Gasteiger charge is 2.21. The van der Waals surface area contributed by atoms with E-state index in [1.807, 2.05) is 35.2 Å². The summed E-state index contributed by atoms with van der Waals surface area (Å²) in [5.41, 5.74) is 0. The van der Waals surface area contributed by atoms with E-state index in [2.05, 4.69) is 21.9 Å². The fourth-order valence-electron chi connectivity index (χ4n) is 2.84. The van der Waals surface area contributed by atoms with Gasteiger partial charge in [-0.1, -0.05) is 24.8 Å². The minimum absolute atomic E-state index is 0.0184. The van der Waals surface area contributed by atoms with Crippen LogP contribution >= 0.6 is 0 Å². The van der Waals surface area contributed by atoms with E-state index in [-0.39, 0.29) is 5.91 Å². The molecule has 2 heterocycles. The van der Waals surface area contributed by atoms with Crippen LogP contribution in [0.3, 0.4) is 0 Å². The third-order valence-electron chi connectivity index (χ3n) is 4.28. The number of nitrogens with one attached hydrogen (secondary N) is 1. The fourth-order valence-corrected chi connectivity index (χ4v) is 2.84. The van der Waals surface area contributed by atoms with Gasteiger partial charge in [0.1, 0.15) is 17.9 Å². The summed E-state index contributed by atoms with van der Waals surface area (Å²) in [6, 6.07) is 11.3. The van der Waals surface area contributed by atoms with Gasteiger partial charge in [-0.2, -0.15) is 0 Å². The van der Waals surface area contributed by atoms with Gasteiger partial charge in [0.05, 0.1) is 0 Å². The average molecular weight is 338 g/mol. The number of rotatable bonds is 6.